The van der Waals surface area contributed by atoms with Gasteiger partial charge in [-0.3, -0.25) is 0 Å². The highest BCUT2D eigenvalue weighted by Gasteiger charge is 2.13. The van der Waals surface area contributed by atoms with E-state index >= 15 is 0 Å². The summed E-state index contributed by atoms with van der Waals surface area (Å²) in [7, 11) is 0. The molecule has 94 valence electrons. The molecule has 2 aromatic carbocycles. The Morgan fingerprint density at radius 3 is 2.50 bits per heavy atom. The first kappa shape index (κ1) is 13.0. The highest BCUT2D eigenvalue weighted by molar-refractivity contribution is 6.31. The number of hydrogen-bond acceptors (Lipinski definition) is 1. The van der Waals surface area contributed by atoms with Gasteiger partial charge in [-0.2, -0.15) is 0 Å². The Bertz CT molecular complexity index is 537. The Morgan fingerprint density at radius 2 is 1.83 bits per heavy atom. The average Bonchev–Trinajstić information content (AvgIpc) is 2.34. The summed E-state index contributed by atoms with van der Waals surface area (Å²) < 4.78 is 26.7. The summed E-state index contributed by atoms with van der Waals surface area (Å²) in [4.78, 5) is 0. The molecule has 0 aliphatic carbocycles. The molecule has 1 atom stereocenters. The lowest BCUT2D eigenvalue weighted by atomic mass is 9.99. The van der Waals surface area contributed by atoms with Gasteiger partial charge in [0.15, 0.2) is 0 Å². The van der Waals surface area contributed by atoms with E-state index in [9.17, 15) is 8.78 Å². The number of benzene rings is 2. The van der Waals surface area contributed by atoms with Crippen LogP contribution in [0.3, 0.4) is 0 Å². The van der Waals surface area contributed by atoms with E-state index in [2.05, 4.69) is 0 Å². The van der Waals surface area contributed by atoms with E-state index in [0.29, 0.717) is 16.1 Å². The summed E-state index contributed by atoms with van der Waals surface area (Å²) in [6.45, 7) is 0. The summed E-state index contributed by atoms with van der Waals surface area (Å²) in [6, 6.07) is 9.96. The fourth-order valence-electron chi connectivity index (χ4n) is 1.80. The molecular formula is C14H12ClF2N. The first-order valence-electron chi connectivity index (χ1n) is 5.52. The van der Waals surface area contributed by atoms with Crippen molar-refractivity contribution in [1.29, 1.82) is 0 Å². The minimum absolute atomic E-state index is 0.231. The van der Waals surface area contributed by atoms with Crippen molar-refractivity contribution in [2.45, 2.75) is 12.5 Å². The minimum Gasteiger partial charge on any atom is -0.324 e. The van der Waals surface area contributed by atoms with Crippen LogP contribution in [0, 0.1) is 11.6 Å². The maximum atomic E-state index is 13.6. The van der Waals surface area contributed by atoms with Gasteiger partial charge in [-0.05, 0) is 36.2 Å². The third kappa shape index (κ3) is 2.86. The van der Waals surface area contributed by atoms with Crippen LogP contribution in [0.15, 0.2) is 42.5 Å². The second-order valence-corrected chi connectivity index (χ2v) is 4.47. The van der Waals surface area contributed by atoms with Crippen molar-refractivity contribution in [2.24, 2.45) is 5.73 Å². The predicted octanol–water partition coefficient (Wildman–Crippen LogP) is 3.86. The molecule has 2 rings (SSSR count). The predicted molar refractivity (Wildman–Crippen MR) is 68.4 cm³/mol. The van der Waals surface area contributed by atoms with E-state index in [1.807, 2.05) is 0 Å². The SMILES string of the molecule is NC(Cc1c(F)cccc1Cl)c1cccc(F)c1. The van der Waals surface area contributed by atoms with Gasteiger partial charge < -0.3 is 5.73 Å². The quantitative estimate of drug-likeness (QED) is 0.898. The van der Waals surface area contributed by atoms with E-state index < -0.39 is 11.9 Å². The first-order chi connectivity index (χ1) is 8.58. The monoisotopic (exact) mass is 267 g/mol. The normalized spacial score (nSPS) is 12.4. The molecule has 2 N–H and O–H groups in total. The summed E-state index contributed by atoms with van der Waals surface area (Å²) in [5.74, 6) is -0.753. The van der Waals surface area contributed by atoms with Gasteiger partial charge in [0.05, 0.1) is 0 Å². The van der Waals surface area contributed by atoms with Crippen molar-refractivity contribution in [3.05, 3.63) is 70.2 Å². The van der Waals surface area contributed by atoms with E-state index in [-0.39, 0.29) is 12.2 Å². The van der Waals surface area contributed by atoms with Crippen LogP contribution in [0.1, 0.15) is 17.2 Å². The molecule has 0 spiro atoms. The number of rotatable bonds is 3. The average molecular weight is 268 g/mol. The molecule has 0 saturated heterocycles. The van der Waals surface area contributed by atoms with Gasteiger partial charge in [-0.15, -0.1) is 0 Å². The molecule has 1 unspecified atom stereocenters. The molecule has 0 aliphatic rings. The number of nitrogens with two attached hydrogens (primary N) is 1. The van der Waals surface area contributed by atoms with E-state index in [1.165, 1.54) is 24.3 Å². The van der Waals surface area contributed by atoms with Crippen molar-refractivity contribution in [2.75, 3.05) is 0 Å². The third-order valence-corrected chi connectivity index (χ3v) is 3.12. The lowest BCUT2D eigenvalue weighted by Gasteiger charge is -2.13. The minimum atomic E-state index is -0.491. The molecule has 0 fully saturated rings. The Kier molecular flexibility index (Phi) is 3.94. The number of halogens is 3. The Labute approximate surface area is 109 Å². The van der Waals surface area contributed by atoms with Crippen LogP contribution in [-0.2, 0) is 6.42 Å². The summed E-state index contributed by atoms with van der Waals surface area (Å²) in [5.41, 5.74) is 6.92. The molecule has 4 heteroatoms. The highest BCUT2D eigenvalue weighted by atomic mass is 35.5. The third-order valence-electron chi connectivity index (χ3n) is 2.76. The van der Waals surface area contributed by atoms with Gasteiger partial charge in [0.25, 0.3) is 0 Å². The molecular weight excluding hydrogens is 256 g/mol. The van der Waals surface area contributed by atoms with E-state index in [4.69, 9.17) is 17.3 Å². The second-order valence-electron chi connectivity index (χ2n) is 4.07. The lowest BCUT2D eigenvalue weighted by molar-refractivity contribution is 0.589. The smallest absolute Gasteiger partial charge is 0.127 e. The molecule has 0 heterocycles. The van der Waals surface area contributed by atoms with Crippen molar-refractivity contribution in [1.82, 2.24) is 0 Å². The van der Waals surface area contributed by atoms with Gasteiger partial charge in [-0.25, -0.2) is 8.78 Å². The fraction of sp³-hybridized carbons (Fsp3) is 0.143. The van der Waals surface area contributed by atoms with Gasteiger partial charge in [-0.1, -0.05) is 29.8 Å². The van der Waals surface area contributed by atoms with E-state index in [1.54, 1.807) is 18.2 Å². The van der Waals surface area contributed by atoms with Crippen LogP contribution >= 0.6 is 11.6 Å². The van der Waals surface area contributed by atoms with Gasteiger partial charge in [0.2, 0.25) is 0 Å². The molecule has 0 saturated carbocycles. The molecule has 0 aliphatic heterocycles. The Hall–Kier alpha value is -1.45. The summed E-state index contributed by atoms with van der Waals surface area (Å²) >= 11 is 5.92. The number of hydrogen-bond donors (Lipinski definition) is 1. The highest BCUT2D eigenvalue weighted by Crippen LogP contribution is 2.24. The van der Waals surface area contributed by atoms with Gasteiger partial charge in [0, 0.05) is 16.6 Å². The molecule has 0 aromatic heterocycles. The Balaban J connectivity index is 2.24. The molecule has 0 radical (unpaired) electrons. The standard InChI is InChI=1S/C14H12ClF2N/c15-12-5-2-6-13(17)11(12)8-14(18)9-3-1-4-10(16)7-9/h1-7,14H,8,18H2. The maximum absolute atomic E-state index is 13.6. The molecule has 0 amide bonds. The summed E-state index contributed by atoms with van der Waals surface area (Å²) in [6.07, 6.45) is 0.231. The van der Waals surface area contributed by atoms with Gasteiger partial charge in [0.1, 0.15) is 11.6 Å². The molecule has 18 heavy (non-hydrogen) atoms. The van der Waals surface area contributed by atoms with Crippen LogP contribution in [0.25, 0.3) is 0 Å². The van der Waals surface area contributed by atoms with Crippen LogP contribution in [0.5, 0.6) is 0 Å². The lowest BCUT2D eigenvalue weighted by Crippen LogP contribution is -2.14. The Morgan fingerprint density at radius 1 is 1.11 bits per heavy atom. The largest absolute Gasteiger partial charge is 0.324 e. The summed E-state index contributed by atoms with van der Waals surface area (Å²) in [5, 5.41) is 0.335. The zero-order valence-corrected chi connectivity index (χ0v) is 10.3. The molecule has 0 bridgehead atoms. The second kappa shape index (κ2) is 5.46. The van der Waals surface area contributed by atoms with Crippen molar-refractivity contribution in [3.8, 4) is 0 Å². The molecule has 1 nitrogen and oxygen atoms in total. The van der Waals surface area contributed by atoms with Crippen LogP contribution in [0.2, 0.25) is 5.02 Å². The van der Waals surface area contributed by atoms with Crippen LogP contribution in [0.4, 0.5) is 8.78 Å². The van der Waals surface area contributed by atoms with E-state index in [0.717, 1.165) is 0 Å². The maximum Gasteiger partial charge on any atom is 0.127 e. The topological polar surface area (TPSA) is 26.0 Å². The van der Waals surface area contributed by atoms with Crippen LogP contribution in [-0.4, -0.2) is 0 Å². The zero-order chi connectivity index (χ0) is 13.1. The molecule has 2 aromatic rings. The van der Waals surface area contributed by atoms with Gasteiger partial charge >= 0.3 is 0 Å². The first-order valence-corrected chi connectivity index (χ1v) is 5.89. The van der Waals surface area contributed by atoms with Crippen LogP contribution < -0.4 is 5.73 Å². The fourth-order valence-corrected chi connectivity index (χ4v) is 2.04. The van der Waals surface area contributed by atoms with Crippen molar-refractivity contribution < 1.29 is 8.78 Å². The zero-order valence-electron chi connectivity index (χ0n) is 9.54. The van der Waals surface area contributed by atoms with Crippen molar-refractivity contribution in [3.63, 3.8) is 0 Å². The van der Waals surface area contributed by atoms with Crippen molar-refractivity contribution >= 4 is 11.6 Å².